The number of rotatable bonds is 4. The SMILES string of the molecule is Cc1cccc(NC(=O)Cn2ccnc2-c2ccc3n(c2=O)C[C@@H]2CNC[C@H]3C2)c1C.Cl.Cl. The van der Waals surface area contributed by atoms with Gasteiger partial charge in [-0.25, -0.2) is 4.98 Å². The molecule has 9 heteroatoms. The van der Waals surface area contributed by atoms with E-state index in [1.807, 2.05) is 42.7 Å². The van der Waals surface area contributed by atoms with Crippen LogP contribution in [0.15, 0.2) is 47.5 Å². The zero-order valence-electron chi connectivity index (χ0n) is 18.7. The lowest BCUT2D eigenvalue weighted by Gasteiger charge is -2.37. The highest BCUT2D eigenvalue weighted by Gasteiger charge is 2.31. The van der Waals surface area contributed by atoms with Crippen LogP contribution >= 0.6 is 24.8 Å². The number of hydrogen-bond acceptors (Lipinski definition) is 4. The van der Waals surface area contributed by atoms with Crippen molar-refractivity contribution in [1.29, 1.82) is 0 Å². The molecular formula is C24H29Cl2N5O2. The van der Waals surface area contributed by atoms with Crippen LogP contribution < -0.4 is 16.2 Å². The minimum absolute atomic E-state index is 0. The minimum atomic E-state index is -0.147. The van der Waals surface area contributed by atoms with Gasteiger partial charge in [0, 0.05) is 42.8 Å². The molecule has 1 aromatic carbocycles. The van der Waals surface area contributed by atoms with Crippen molar-refractivity contribution in [3.63, 3.8) is 0 Å². The average Bonchev–Trinajstić information content (AvgIpc) is 3.20. The smallest absolute Gasteiger partial charge is 0.261 e. The average molecular weight is 490 g/mol. The summed E-state index contributed by atoms with van der Waals surface area (Å²) in [6, 6.07) is 9.77. The fourth-order valence-electron chi connectivity index (χ4n) is 4.87. The second-order valence-electron chi connectivity index (χ2n) is 8.72. The molecule has 176 valence electrons. The lowest BCUT2D eigenvalue weighted by Crippen LogP contribution is -2.45. The maximum Gasteiger partial charge on any atom is 0.261 e. The fourth-order valence-corrected chi connectivity index (χ4v) is 4.87. The summed E-state index contributed by atoms with van der Waals surface area (Å²) in [6.07, 6.45) is 4.53. The van der Waals surface area contributed by atoms with Gasteiger partial charge in [-0.05, 0) is 62.1 Å². The molecule has 2 atom stereocenters. The molecule has 2 aliphatic rings. The van der Waals surface area contributed by atoms with Crippen LogP contribution in [0.4, 0.5) is 5.69 Å². The predicted octanol–water partition coefficient (Wildman–Crippen LogP) is 3.52. The van der Waals surface area contributed by atoms with Gasteiger partial charge in [-0.15, -0.1) is 24.8 Å². The lowest BCUT2D eigenvalue weighted by atomic mass is 9.84. The van der Waals surface area contributed by atoms with Crippen LogP contribution in [0.5, 0.6) is 0 Å². The van der Waals surface area contributed by atoms with Crippen molar-refractivity contribution >= 4 is 36.4 Å². The number of pyridine rings is 1. The van der Waals surface area contributed by atoms with Crippen molar-refractivity contribution in [3.8, 4) is 11.4 Å². The molecule has 7 nitrogen and oxygen atoms in total. The number of aryl methyl sites for hydroxylation is 1. The molecule has 0 spiro atoms. The molecule has 0 unspecified atom stereocenters. The van der Waals surface area contributed by atoms with E-state index < -0.39 is 0 Å². The number of fused-ring (bicyclic) bond motifs is 4. The third-order valence-corrected chi connectivity index (χ3v) is 6.66. The minimum Gasteiger partial charge on any atom is -0.324 e. The van der Waals surface area contributed by atoms with E-state index in [0.717, 1.165) is 48.6 Å². The third-order valence-electron chi connectivity index (χ3n) is 6.66. The second kappa shape index (κ2) is 10.1. The van der Waals surface area contributed by atoms with Gasteiger partial charge in [-0.3, -0.25) is 9.59 Å². The fraction of sp³-hybridized carbons (Fsp3) is 0.375. The Morgan fingerprint density at radius 2 is 2.00 bits per heavy atom. The molecule has 2 bridgehead atoms. The molecule has 1 saturated heterocycles. The summed E-state index contributed by atoms with van der Waals surface area (Å²) in [5.74, 6) is 1.26. The summed E-state index contributed by atoms with van der Waals surface area (Å²) in [5.41, 5.74) is 4.61. The lowest BCUT2D eigenvalue weighted by molar-refractivity contribution is -0.116. The Bertz CT molecular complexity index is 1220. The first-order valence-corrected chi connectivity index (χ1v) is 10.8. The van der Waals surface area contributed by atoms with Crippen molar-refractivity contribution in [2.45, 2.75) is 39.3 Å². The first-order valence-electron chi connectivity index (χ1n) is 10.8. The van der Waals surface area contributed by atoms with E-state index in [0.29, 0.717) is 23.2 Å². The number of carbonyl (C=O) groups excluding carboxylic acids is 1. The van der Waals surface area contributed by atoms with Crippen LogP contribution in [0.3, 0.4) is 0 Å². The summed E-state index contributed by atoms with van der Waals surface area (Å²) < 4.78 is 3.67. The van der Waals surface area contributed by atoms with Gasteiger partial charge in [0.2, 0.25) is 5.91 Å². The Hall–Kier alpha value is -2.61. The standard InChI is InChI=1S/C24H27N5O2.2ClH/c1-15-4-3-5-20(16(15)2)27-22(30)14-28-9-8-26-23(28)19-6-7-21-18-10-17(11-25-12-18)13-29(21)24(19)31;;/h3-9,17-18,25H,10-14H2,1-2H3,(H,27,30);2*1H/t17-,18+;;/m0../s1. The summed E-state index contributed by atoms with van der Waals surface area (Å²) in [4.78, 5) is 30.5. The number of carbonyl (C=O) groups is 1. The Labute approximate surface area is 205 Å². The maximum absolute atomic E-state index is 13.3. The van der Waals surface area contributed by atoms with Gasteiger partial charge in [0.25, 0.3) is 5.56 Å². The van der Waals surface area contributed by atoms with Crippen LogP contribution in [0.2, 0.25) is 0 Å². The Balaban J connectivity index is 0.00000153. The van der Waals surface area contributed by atoms with Gasteiger partial charge in [-0.1, -0.05) is 12.1 Å². The molecule has 2 aromatic heterocycles. The quantitative estimate of drug-likeness (QED) is 0.587. The largest absolute Gasteiger partial charge is 0.324 e. The molecule has 2 aliphatic heterocycles. The van der Waals surface area contributed by atoms with Crippen molar-refractivity contribution in [2.75, 3.05) is 18.4 Å². The summed E-state index contributed by atoms with van der Waals surface area (Å²) >= 11 is 0. The Kier molecular flexibility index (Phi) is 7.67. The highest BCUT2D eigenvalue weighted by atomic mass is 35.5. The number of aromatic nitrogens is 3. The van der Waals surface area contributed by atoms with Crippen molar-refractivity contribution in [1.82, 2.24) is 19.4 Å². The van der Waals surface area contributed by atoms with Gasteiger partial charge in [-0.2, -0.15) is 0 Å². The van der Waals surface area contributed by atoms with E-state index >= 15 is 0 Å². The Morgan fingerprint density at radius 3 is 2.82 bits per heavy atom. The first kappa shape index (κ1) is 25.0. The number of hydrogen-bond donors (Lipinski definition) is 2. The summed E-state index contributed by atoms with van der Waals surface area (Å²) in [5, 5.41) is 6.45. The maximum atomic E-state index is 13.3. The number of nitrogens with one attached hydrogen (secondary N) is 2. The number of nitrogens with zero attached hydrogens (tertiary/aromatic N) is 3. The topological polar surface area (TPSA) is 81.0 Å². The van der Waals surface area contributed by atoms with Crippen LogP contribution in [0.1, 0.15) is 29.2 Å². The van der Waals surface area contributed by atoms with Crippen LogP contribution in [0.25, 0.3) is 11.4 Å². The molecule has 2 N–H and O–H groups in total. The van der Waals surface area contributed by atoms with Gasteiger partial charge in [0.1, 0.15) is 12.4 Å². The van der Waals surface area contributed by atoms with Crippen LogP contribution in [-0.2, 0) is 17.9 Å². The number of anilines is 1. The summed E-state index contributed by atoms with van der Waals surface area (Å²) in [7, 11) is 0. The first-order chi connectivity index (χ1) is 15.0. The highest BCUT2D eigenvalue weighted by molar-refractivity contribution is 5.91. The molecule has 1 amide bonds. The van der Waals surface area contributed by atoms with E-state index in [1.54, 1.807) is 17.0 Å². The van der Waals surface area contributed by atoms with Gasteiger partial charge >= 0.3 is 0 Å². The van der Waals surface area contributed by atoms with Crippen LogP contribution in [-0.4, -0.2) is 33.1 Å². The molecule has 1 fully saturated rings. The molecule has 0 radical (unpaired) electrons. The number of benzene rings is 1. The normalized spacial score (nSPS) is 18.5. The number of amides is 1. The Morgan fingerprint density at radius 1 is 1.18 bits per heavy atom. The van der Waals surface area contributed by atoms with E-state index in [4.69, 9.17) is 0 Å². The van der Waals surface area contributed by atoms with E-state index in [2.05, 4.69) is 21.7 Å². The van der Waals surface area contributed by atoms with Crippen molar-refractivity contribution < 1.29 is 4.79 Å². The molecule has 4 heterocycles. The summed E-state index contributed by atoms with van der Waals surface area (Å²) in [6.45, 7) is 6.72. The van der Waals surface area contributed by atoms with E-state index in [9.17, 15) is 9.59 Å². The predicted molar refractivity (Wildman–Crippen MR) is 135 cm³/mol. The van der Waals surface area contributed by atoms with E-state index in [-0.39, 0.29) is 42.8 Å². The molecule has 33 heavy (non-hydrogen) atoms. The highest BCUT2D eigenvalue weighted by Crippen LogP contribution is 2.32. The zero-order chi connectivity index (χ0) is 21.5. The zero-order valence-corrected chi connectivity index (χ0v) is 20.3. The molecule has 0 saturated carbocycles. The van der Waals surface area contributed by atoms with Gasteiger partial charge < -0.3 is 19.8 Å². The van der Waals surface area contributed by atoms with Crippen molar-refractivity contribution in [2.24, 2.45) is 5.92 Å². The third kappa shape index (κ3) is 4.71. The van der Waals surface area contributed by atoms with Crippen LogP contribution in [0, 0.1) is 19.8 Å². The molecule has 5 rings (SSSR count). The van der Waals surface area contributed by atoms with Gasteiger partial charge in [0.15, 0.2) is 0 Å². The number of imidazole rings is 1. The second-order valence-corrected chi connectivity index (χ2v) is 8.72. The molecular weight excluding hydrogens is 461 g/mol. The molecule has 3 aromatic rings. The van der Waals surface area contributed by atoms with E-state index in [1.165, 1.54) is 0 Å². The van der Waals surface area contributed by atoms with Crippen molar-refractivity contribution in [3.05, 3.63) is 69.9 Å². The number of piperidine rings is 1. The van der Waals surface area contributed by atoms with Gasteiger partial charge in [0.05, 0.1) is 5.56 Å². The molecule has 0 aliphatic carbocycles. The monoisotopic (exact) mass is 489 g/mol. The number of halogens is 2.